The first-order valence-electron chi connectivity index (χ1n) is 5.20. The minimum atomic E-state index is 0.468. The predicted molar refractivity (Wildman–Crippen MR) is 67.2 cm³/mol. The van der Waals surface area contributed by atoms with Gasteiger partial charge in [-0.3, -0.25) is 4.40 Å². The van der Waals surface area contributed by atoms with Gasteiger partial charge >= 0.3 is 0 Å². The maximum atomic E-state index is 5.29. The molecule has 6 nitrogen and oxygen atoms in total. The highest BCUT2D eigenvalue weighted by Crippen LogP contribution is 2.25. The first kappa shape index (κ1) is 11.0. The normalized spacial score (nSPS) is 10.8. The minimum Gasteiger partial charge on any atom is -0.482 e. The van der Waals surface area contributed by atoms with E-state index in [4.69, 9.17) is 9.47 Å². The third kappa shape index (κ3) is 1.68. The van der Waals surface area contributed by atoms with E-state index in [-0.39, 0.29) is 0 Å². The average Bonchev–Trinajstić information content (AvgIpc) is 3.05. The van der Waals surface area contributed by atoms with E-state index in [1.54, 1.807) is 30.9 Å². The van der Waals surface area contributed by atoms with Crippen molar-refractivity contribution < 1.29 is 9.47 Å². The van der Waals surface area contributed by atoms with E-state index >= 15 is 0 Å². The first-order valence-corrected chi connectivity index (χ1v) is 6.08. The van der Waals surface area contributed by atoms with Crippen LogP contribution in [0.5, 0.6) is 11.8 Å². The van der Waals surface area contributed by atoms with Crippen LogP contribution in [-0.2, 0) is 0 Å². The zero-order chi connectivity index (χ0) is 12.5. The van der Waals surface area contributed by atoms with Gasteiger partial charge in [0.05, 0.1) is 20.3 Å². The summed E-state index contributed by atoms with van der Waals surface area (Å²) in [6, 6.07) is 1.71. The van der Waals surface area contributed by atoms with Crippen LogP contribution in [0.2, 0.25) is 0 Å². The Morgan fingerprint density at radius 1 is 1.22 bits per heavy atom. The molecule has 92 valence electrons. The number of methoxy groups -OCH3 is 2. The molecule has 3 rings (SSSR count). The molecule has 0 radical (unpaired) electrons. The summed E-state index contributed by atoms with van der Waals surface area (Å²) in [6.45, 7) is 0. The highest BCUT2D eigenvalue weighted by molar-refractivity contribution is 7.13. The van der Waals surface area contributed by atoms with Crippen molar-refractivity contribution in [2.75, 3.05) is 14.2 Å². The second-order valence-corrected chi connectivity index (χ2v) is 4.37. The van der Waals surface area contributed by atoms with Crippen LogP contribution >= 0.6 is 11.3 Å². The summed E-state index contributed by atoms with van der Waals surface area (Å²) >= 11 is 1.53. The summed E-state index contributed by atoms with van der Waals surface area (Å²) in [5.74, 6) is 1.61. The van der Waals surface area contributed by atoms with Gasteiger partial charge in [0.15, 0.2) is 0 Å². The fraction of sp³-hybridized carbons (Fsp3) is 0.182. The Balaban J connectivity index is 2.22. The Bertz CT molecular complexity index is 678. The van der Waals surface area contributed by atoms with Gasteiger partial charge in [-0.2, -0.15) is 4.98 Å². The molecule has 0 aliphatic carbocycles. The van der Waals surface area contributed by atoms with Crippen molar-refractivity contribution in [3.05, 3.63) is 23.8 Å². The lowest BCUT2D eigenvalue weighted by atomic mass is 10.5. The summed E-state index contributed by atoms with van der Waals surface area (Å²) in [5.41, 5.74) is 0.768. The summed E-state index contributed by atoms with van der Waals surface area (Å²) in [7, 11) is 3.15. The number of imidazole rings is 1. The quantitative estimate of drug-likeness (QED) is 0.721. The van der Waals surface area contributed by atoms with Crippen LogP contribution in [0.1, 0.15) is 0 Å². The number of hydrogen-bond acceptors (Lipinski definition) is 6. The third-order valence-electron chi connectivity index (χ3n) is 2.45. The molecule has 18 heavy (non-hydrogen) atoms. The van der Waals surface area contributed by atoms with Crippen LogP contribution in [0.3, 0.4) is 0 Å². The topological polar surface area (TPSA) is 61.5 Å². The molecule has 0 bridgehead atoms. The number of rotatable bonds is 3. The average molecular weight is 262 g/mol. The van der Waals surface area contributed by atoms with Gasteiger partial charge in [-0.1, -0.05) is 0 Å². The van der Waals surface area contributed by atoms with E-state index in [1.165, 1.54) is 11.3 Å². The van der Waals surface area contributed by atoms with Gasteiger partial charge < -0.3 is 9.47 Å². The van der Waals surface area contributed by atoms with Crippen LogP contribution in [0, 0.1) is 0 Å². The molecule has 0 atom stereocenters. The summed E-state index contributed by atoms with van der Waals surface area (Å²) < 4.78 is 12.2. The number of hydrogen-bond donors (Lipinski definition) is 0. The highest BCUT2D eigenvalue weighted by Gasteiger charge is 2.12. The molecule has 0 spiro atoms. The Morgan fingerprint density at radius 3 is 2.78 bits per heavy atom. The van der Waals surface area contributed by atoms with Crippen LogP contribution in [0.4, 0.5) is 0 Å². The number of thiazole rings is 1. The Kier molecular flexibility index (Phi) is 2.60. The lowest BCUT2D eigenvalue weighted by Crippen LogP contribution is -1.97. The van der Waals surface area contributed by atoms with E-state index in [2.05, 4.69) is 15.0 Å². The molecule has 0 amide bonds. The van der Waals surface area contributed by atoms with Crippen molar-refractivity contribution >= 4 is 17.1 Å². The van der Waals surface area contributed by atoms with Crippen LogP contribution in [-0.4, -0.2) is 33.6 Å². The van der Waals surface area contributed by atoms with Crippen LogP contribution < -0.4 is 9.47 Å². The fourth-order valence-electron chi connectivity index (χ4n) is 1.63. The van der Waals surface area contributed by atoms with E-state index in [1.807, 2.05) is 11.6 Å². The second-order valence-electron chi connectivity index (χ2n) is 3.47. The van der Waals surface area contributed by atoms with E-state index in [0.717, 1.165) is 10.7 Å². The number of aromatic nitrogens is 4. The Hall–Kier alpha value is -2.15. The van der Waals surface area contributed by atoms with Crippen molar-refractivity contribution in [1.29, 1.82) is 0 Å². The number of ether oxygens (including phenoxy) is 2. The van der Waals surface area contributed by atoms with Gasteiger partial charge in [0, 0.05) is 17.8 Å². The van der Waals surface area contributed by atoms with Gasteiger partial charge in [-0.15, -0.1) is 11.3 Å². The molecule has 3 aromatic rings. The largest absolute Gasteiger partial charge is 0.482 e. The van der Waals surface area contributed by atoms with Crippen molar-refractivity contribution in [3.8, 4) is 22.5 Å². The molecule has 0 saturated carbocycles. The van der Waals surface area contributed by atoms with Gasteiger partial charge in [-0.05, 0) is 0 Å². The summed E-state index contributed by atoms with van der Waals surface area (Å²) in [4.78, 5) is 12.9. The lowest BCUT2D eigenvalue weighted by molar-refractivity contribution is 0.369. The first-order chi connectivity index (χ1) is 8.81. The molecule has 0 unspecified atom stereocenters. The van der Waals surface area contributed by atoms with Crippen molar-refractivity contribution in [3.63, 3.8) is 0 Å². The minimum absolute atomic E-state index is 0.468. The molecule has 0 aliphatic heterocycles. The molecule has 0 fully saturated rings. The number of nitrogens with zero attached hydrogens (tertiary/aromatic N) is 4. The fourth-order valence-corrected chi connectivity index (χ4v) is 2.22. The van der Waals surface area contributed by atoms with Crippen molar-refractivity contribution in [1.82, 2.24) is 19.4 Å². The smallest absolute Gasteiger partial charge is 0.240 e. The molecule has 0 aromatic carbocycles. The molecule has 0 N–H and O–H groups in total. The maximum absolute atomic E-state index is 5.29. The SMILES string of the molecule is COc1cc(OC)n2cc(-c3nccs3)nc2n1. The number of fused-ring (bicyclic) bond motifs is 1. The molecular weight excluding hydrogens is 252 g/mol. The van der Waals surface area contributed by atoms with Gasteiger partial charge in [0.2, 0.25) is 17.5 Å². The van der Waals surface area contributed by atoms with Gasteiger partial charge in [-0.25, -0.2) is 9.97 Å². The van der Waals surface area contributed by atoms with E-state index < -0.39 is 0 Å². The van der Waals surface area contributed by atoms with Crippen LogP contribution in [0.15, 0.2) is 23.8 Å². The van der Waals surface area contributed by atoms with Crippen molar-refractivity contribution in [2.45, 2.75) is 0 Å². The molecule has 3 aromatic heterocycles. The zero-order valence-corrected chi connectivity index (χ0v) is 10.6. The predicted octanol–water partition coefficient (Wildman–Crippen LogP) is 1.87. The van der Waals surface area contributed by atoms with E-state index in [9.17, 15) is 0 Å². The van der Waals surface area contributed by atoms with Crippen LogP contribution in [0.25, 0.3) is 16.5 Å². The Morgan fingerprint density at radius 2 is 2.11 bits per heavy atom. The lowest BCUT2D eigenvalue weighted by Gasteiger charge is -2.04. The molecule has 7 heteroatoms. The molecule has 0 saturated heterocycles. The molecule has 3 heterocycles. The van der Waals surface area contributed by atoms with Gasteiger partial charge in [0.1, 0.15) is 10.7 Å². The highest BCUT2D eigenvalue weighted by atomic mass is 32.1. The summed E-state index contributed by atoms with van der Waals surface area (Å²) in [5, 5.41) is 2.76. The summed E-state index contributed by atoms with van der Waals surface area (Å²) in [6.07, 6.45) is 3.59. The van der Waals surface area contributed by atoms with Gasteiger partial charge in [0.25, 0.3) is 0 Å². The molecular formula is C11H10N4O2S. The second kappa shape index (κ2) is 4.26. The standard InChI is InChI=1S/C11H10N4O2S/c1-16-8-5-9(17-2)15-6-7(13-11(15)14-8)10-12-3-4-18-10/h3-6H,1-2H3. The monoisotopic (exact) mass is 262 g/mol. The van der Waals surface area contributed by atoms with E-state index in [0.29, 0.717) is 17.5 Å². The van der Waals surface area contributed by atoms with Crippen molar-refractivity contribution in [2.24, 2.45) is 0 Å². The zero-order valence-electron chi connectivity index (χ0n) is 9.82. The Labute approximate surface area is 107 Å². The molecule has 0 aliphatic rings. The maximum Gasteiger partial charge on any atom is 0.240 e. The third-order valence-corrected chi connectivity index (χ3v) is 3.25.